The molecule has 4 fully saturated rings. The number of carbonyl (C=O) groups is 1. The highest BCUT2D eigenvalue weighted by Crippen LogP contribution is 2.40. The highest BCUT2D eigenvalue weighted by molar-refractivity contribution is 5.95. The Labute approximate surface area is 199 Å². The van der Waals surface area contributed by atoms with Gasteiger partial charge in [-0.25, -0.2) is 13.8 Å². The highest BCUT2D eigenvalue weighted by atomic mass is 19.4. The van der Waals surface area contributed by atoms with Crippen LogP contribution in [0.4, 0.5) is 22.0 Å². The number of fused-ring (bicyclic) bond motifs is 4. The van der Waals surface area contributed by atoms with Crippen LogP contribution in [0.1, 0.15) is 66.0 Å². The fourth-order valence-electron chi connectivity index (χ4n) is 5.82. The first-order valence-corrected chi connectivity index (χ1v) is 12.0. The first kappa shape index (κ1) is 24.0. The molecular formula is C24H26F5N5O. The molecule has 35 heavy (non-hydrogen) atoms. The fraction of sp³-hybridized carbons (Fsp3) is 0.625. The van der Waals surface area contributed by atoms with Gasteiger partial charge >= 0.3 is 6.18 Å². The number of carbonyl (C=O) groups excluding carboxylic acids is 1. The van der Waals surface area contributed by atoms with Crippen molar-refractivity contribution in [1.29, 1.82) is 5.26 Å². The highest BCUT2D eigenvalue weighted by Gasteiger charge is 2.41. The first-order chi connectivity index (χ1) is 16.5. The number of piperidine rings is 3. The summed E-state index contributed by atoms with van der Waals surface area (Å²) in [6.07, 6.45) is -3.48. The Morgan fingerprint density at radius 3 is 2.43 bits per heavy atom. The summed E-state index contributed by atoms with van der Waals surface area (Å²) in [7, 11) is 0. The van der Waals surface area contributed by atoms with Gasteiger partial charge in [0.2, 0.25) is 5.92 Å². The summed E-state index contributed by atoms with van der Waals surface area (Å²) in [5.41, 5.74) is -1.56. The molecule has 0 aromatic carbocycles. The maximum absolute atomic E-state index is 13.9. The van der Waals surface area contributed by atoms with Crippen molar-refractivity contribution in [3.05, 3.63) is 34.8 Å². The summed E-state index contributed by atoms with van der Waals surface area (Å²) in [4.78, 5) is 19.0. The minimum Gasteiger partial charge on any atom is -0.348 e. The molecule has 1 saturated carbocycles. The molecule has 1 N–H and O–H groups in total. The lowest BCUT2D eigenvalue weighted by atomic mass is 9.83. The van der Waals surface area contributed by atoms with E-state index in [1.165, 1.54) is 12.1 Å². The van der Waals surface area contributed by atoms with E-state index in [1.807, 2.05) is 6.07 Å². The van der Waals surface area contributed by atoms with Crippen molar-refractivity contribution < 1.29 is 26.7 Å². The quantitative estimate of drug-likeness (QED) is 0.638. The van der Waals surface area contributed by atoms with E-state index in [1.54, 1.807) is 0 Å². The maximum atomic E-state index is 13.9. The third-order valence-electron chi connectivity index (χ3n) is 7.75. The van der Waals surface area contributed by atoms with Crippen LogP contribution in [0, 0.1) is 23.2 Å². The standard InChI is InChI=1S/C24H26F5N5O/c25-23(26)5-1-14(2-6-23)9-19-21(24(27,28)29)32-20-11-16(10-17(12-30)34(19)20)22(35)31-18-13-33-7-3-15(18)4-8-33/h10-11,14-15,18H,1-9,13H2,(H,31,35)/t18-/m1/s1. The van der Waals surface area contributed by atoms with Crippen molar-refractivity contribution in [3.8, 4) is 6.07 Å². The van der Waals surface area contributed by atoms with E-state index < -0.39 is 23.7 Å². The van der Waals surface area contributed by atoms with Gasteiger partial charge in [0.15, 0.2) is 5.69 Å². The summed E-state index contributed by atoms with van der Waals surface area (Å²) >= 11 is 0. The zero-order chi connectivity index (χ0) is 25.0. The second kappa shape index (κ2) is 8.73. The van der Waals surface area contributed by atoms with Gasteiger partial charge < -0.3 is 10.2 Å². The molecular weight excluding hydrogens is 469 g/mol. The monoisotopic (exact) mass is 495 g/mol. The van der Waals surface area contributed by atoms with Crippen LogP contribution in [-0.2, 0) is 12.6 Å². The lowest BCUT2D eigenvalue weighted by Crippen LogP contribution is -2.57. The predicted octanol–water partition coefficient (Wildman–Crippen LogP) is 4.42. The SMILES string of the molecule is N#Cc1cc(C(=O)N[C@@H]2CN3CCC2CC3)cc2nc(C(F)(F)F)c(CC3CCC(F)(F)CC3)n12. The van der Waals surface area contributed by atoms with Gasteiger partial charge in [0.25, 0.3) is 5.91 Å². The average Bonchev–Trinajstić information content (AvgIpc) is 3.19. The van der Waals surface area contributed by atoms with E-state index in [-0.39, 0.29) is 66.7 Å². The number of halogens is 5. The van der Waals surface area contributed by atoms with E-state index >= 15 is 0 Å². The molecule has 1 amide bonds. The Hall–Kier alpha value is -2.74. The normalized spacial score (nSPS) is 26.6. The zero-order valence-electron chi connectivity index (χ0n) is 19.0. The summed E-state index contributed by atoms with van der Waals surface area (Å²) in [5, 5.41) is 12.7. The largest absolute Gasteiger partial charge is 0.435 e. The molecule has 0 radical (unpaired) electrons. The molecule has 2 aromatic rings. The number of aromatic nitrogens is 2. The minimum atomic E-state index is -4.79. The number of nitrogens with zero attached hydrogens (tertiary/aromatic N) is 4. The van der Waals surface area contributed by atoms with Crippen molar-refractivity contribution in [2.75, 3.05) is 19.6 Å². The Balaban J connectivity index is 1.47. The number of rotatable bonds is 4. The third-order valence-corrected chi connectivity index (χ3v) is 7.75. The van der Waals surface area contributed by atoms with E-state index in [4.69, 9.17) is 0 Å². The van der Waals surface area contributed by atoms with Crippen LogP contribution in [0.3, 0.4) is 0 Å². The summed E-state index contributed by atoms with van der Waals surface area (Å²) in [6.45, 7) is 2.73. The molecule has 2 aromatic heterocycles. The van der Waals surface area contributed by atoms with Gasteiger partial charge in [0.05, 0.1) is 5.69 Å². The number of imidazole rings is 1. The molecule has 188 valence electrons. The Morgan fingerprint density at radius 1 is 1.17 bits per heavy atom. The van der Waals surface area contributed by atoms with Gasteiger partial charge in [-0.15, -0.1) is 0 Å². The van der Waals surface area contributed by atoms with Gasteiger partial charge in [0, 0.05) is 31.0 Å². The maximum Gasteiger partial charge on any atom is 0.435 e. The first-order valence-electron chi connectivity index (χ1n) is 12.0. The van der Waals surface area contributed by atoms with Crippen molar-refractivity contribution in [3.63, 3.8) is 0 Å². The van der Waals surface area contributed by atoms with Crippen molar-refractivity contribution in [2.24, 2.45) is 11.8 Å². The van der Waals surface area contributed by atoms with Crippen molar-refractivity contribution in [2.45, 2.75) is 63.1 Å². The molecule has 6 rings (SSSR count). The molecule has 1 aliphatic carbocycles. The Kier molecular flexibility index (Phi) is 5.98. The second-order valence-electron chi connectivity index (χ2n) is 10.1. The van der Waals surface area contributed by atoms with E-state index in [0.29, 0.717) is 5.92 Å². The lowest BCUT2D eigenvalue weighted by Gasteiger charge is -2.44. The smallest absolute Gasteiger partial charge is 0.348 e. The van der Waals surface area contributed by atoms with E-state index in [2.05, 4.69) is 15.2 Å². The van der Waals surface area contributed by atoms with Gasteiger partial charge in [-0.2, -0.15) is 18.4 Å². The van der Waals surface area contributed by atoms with Crippen LogP contribution in [0.15, 0.2) is 12.1 Å². The number of amides is 1. The van der Waals surface area contributed by atoms with Crippen LogP contribution >= 0.6 is 0 Å². The van der Waals surface area contributed by atoms with Gasteiger partial charge in [-0.3, -0.25) is 9.20 Å². The molecule has 5 heterocycles. The average molecular weight is 495 g/mol. The van der Waals surface area contributed by atoms with Gasteiger partial charge in [-0.05, 0) is 69.2 Å². The van der Waals surface area contributed by atoms with Gasteiger partial charge in [-0.1, -0.05) is 0 Å². The number of alkyl halides is 5. The molecule has 11 heteroatoms. The van der Waals surface area contributed by atoms with E-state index in [0.717, 1.165) is 36.9 Å². The molecule has 4 aliphatic rings. The molecule has 3 saturated heterocycles. The van der Waals surface area contributed by atoms with Gasteiger partial charge in [0.1, 0.15) is 17.4 Å². The second-order valence-corrected chi connectivity index (χ2v) is 10.1. The number of pyridine rings is 1. The van der Waals surface area contributed by atoms with Crippen LogP contribution in [0.5, 0.6) is 0 Å². The number of hydrogen-bond acceptors (Lipinski definition) is 4. The van der Waals surface area contributed by atoms with Crippen LogP contribution in [0.25, 0.3) is 5.65 Å². The molecule has 0 spiro atoms. The summed E-state index contributed by atoms with van der Waals surface area (Å²) < 4.78 is 69.9. The van der Waals surface area contributed by atoms with Crippen molar-refractivity contribution in [1.82, 2.24) is 19.6 Å². The molecule has 1 atom stereocenters. The lowest BCUT2D eigenvalue weighted by molar-refractivity contribution is -0.141. The number of nitriles is 1. The summed E-state index contributed by atoms with van der Waals surface area (Å²) in [5.74, 6) is -3.25. The Bertz CT molecular complexity index is 1170. The van der Waals surface area contributed by atoms with Crippen LogP contribution in [-0.4, -0.2) is 51.8 Å². The predicted molar refractivity (Wildman–Crippen MR) is 116 cm³/mol. The molecule has 2 bridgehead atoms. The van der Waals surface area contributed by atoms with Crippen LogP contribution < -0.4 is 5.32 Å². The number of hydrogen-bond donors (Lipinski definition) is 1. The molecule has 0 unspecified atom stereocenters. The minimum absolute atomic E-state index is 0.0442. The third kappa shape index (κ3) is 4.73. The zero-order valence-corrected chi connectivity index (χ0v) is 19.0. The molecule has 6 nitrogen and oxygen atoms in total. The topological polar surface area (TPSA) is 73.4 Å². The summed E-state index contributed by atoms with van der Waals surface area (Å²) in [6, 6.07) is 4.41. The van der Waals surface area contributed by atoms with Crippen molar-refractivity contribution >= 4 is 11.6 Å². The fourth-order valence-corrected chi connectivity index (χ4v) is 5.82. The Morgan fingerprint density at radius 2 is 1.86 bits per heavy atom. The van der Waals surface area contributed by atoms with E-state index in [9.17, 15) is 32.0 Å². The number of nitrogens with one attached hydrogen (secondary N) is 1. The van der Waals surface area contributed by atoms with Crippen LogP contribution in [0.2, 0.25) is 0 Å². The molecule has 3 aliphatic heterocycles.